The zero-order chi connectivity index (χ0) is 12.3. The Morgan fingerprint density at radius 2 is 1.81 bits per heavy atom. The van der Waals surface area contributed by atoms with Crippen molar-refractivity contribution in [3.05, 3.63) is 39.7 Å². The van der Waals surface area contributed by atoms with E-state index in [0.717, 1.165) is 10.9 Å². The summed E-state index contributed by atoms with van der Waals surface area (Å²) in [5, 5.41) is 10.3. The van der Waals surface area contributed by atoms with Gasteiger partial charge in [-0.3, -0.25) is 0 Å². The highest BCUT2D eigenvalue weighted by molar-refractivity contribution is 5.84. The largest absolute Gasteiger partial charge is 0.508 e. The first kappa shape index (κ1) is 12.3. The molecule has 1 heterocycles. The van der Waals surface area contributed by atoms with Gasteiger partial charge in [-0.25, -0.2) is 4.79 Å². The number of phenols is 1. The highest BCUT2D eigenvalue weighted by atomic mass is 16.4. The van der Waals surface area contributed by atoms with Crippen molar-refractivity contribution in [2.24, 2.45) is 0 Å². The monoisotopic (exact) mass is 220 g/mol. The predicted molar refractivity (Wildman–Crippen MR) is 65.0 cm³/mol. The van der Waals surface area contributed by atoms with Gasteiger partial charge in [-0.15, -0.1) is 0 Å². The van der Waals surface area contributed by atoms with Crippen LogP contribution >= 0.6 is 0 Å². The van der Waals surface area contributed by atoms with Crippen molar-refractivity contribution >= 4 is 11.0 Å². The second kappa shape index (κ2) is 4.84. The Kier molecular flexibility index (Phi) is 3.72. The van der Waals surface area contributed by atoms with Crippen LogP contribution in [-0.2, 0) is 0 Å². The fourth-order valence-corrected chi connectivity index (χ4v) is 1.51. The third kappa shape index (κ3) is 2.08. The van der Waals surface area contributed by atoms with Crippen LogP contribution in [0.4, 0.5) is 0 Å². The van der Waals surface area contributed by atoms with E-state index in [-0.39, 0.29) is 11.4 Å². The molecule has 0 atom stereocenters. The van der Waals surface area contributed by atoms with Crippen molar-refractivity contribution in [1.82, 2.24) is 0 Å². The highest BCUT2D eigenvalue weighted by Gasteiger charge is 2.07. The van der Waals surface area contributed by atoms with Gasteiger partial charge in [-0.05, 0) is 31.5 Å². The molecule has 16 heavy (non-hydrogen) atoms. The van der Waals surface area contributed by atoms with Crippen LogP contribution in [0.25, 0.3) is 11.0 Å². The van der Waals surface area contributed by atoms with Gasteiger partial charge in [0, 0.05) is 17.0 Å². The molecule has 1 aromatic carbocycles. The molecule has 0 amide bonds. The SMILES string of the molecule is CC.Cc1cc(=O)oc2c(C)c(O)ccc12. The standard InChI is InChI=1S/C11H10O3.C2H6/c1-6-5-10(13)14-11-7(2)9(12)4-3-8(6)11;1-2/h3-5,12H,1-2H3;1-2H3. The summed E-state index contributed by atoms with van der Waals surface area (Å²) in [6.07, 6.45) is 0. The molecule has 0 radical (unpaired) electrons. The lowest BCUT2D eigenvalue weighted by Crippen LogP contribution is -1.98. The fraction of sp³-hybridized carbons (Fsp3) is 0.308. The Balaban J connectivity index is 0.000000606. The number of hydrogen-bond donors (Lipinski definition) is 1. The Morgan fingerprint density at radius 3 is 2.44 bits per heavy atom. The van der Waals surface area contributed by atoms with E-state index in [1.54, 1.807) is 19.1 Å². The molecule has 0 aliphatic heterocycles. The maximum absolute atomic E-state index is 11.1. The first-order valence-corrected chi connectivity index (χ1v) is 5.32. The van der Waals surface area contributed by atoms with Gasteiger partial charge >= 0.3 is 5.63 Å². The van der Waals surface area contributed by atoms with Gasteiger partial charge in [0.15, 0.2) is 0 Å². The number of aromatic hydroxyl groups is 1. The molecule has 0 fully saturated rings. The topological polar surface area (TPSA) is 50.4 Å². The van der Waals surface area contributed by atoms with Crippen molar-refractivity contribution in [2.45, 2.75) is 27.7 Å². The van der Waals surface area contributed by atoms with E-state index in [1.165, 1.54) is 6.07 Å². The van der Waals surface area contributed by atoms with Crippen LogP contribution in [0.5, 0.6) is 5.75 Å². The molecule has 1 N–H and O–H groups in total. The molecule has 2 rings (SSSR count). The maximum Gasteiger partial charge on any atom is 0.336 e. The van der Waals surface area contributed by atoms with Crippen molar-refractivity contribution in [2.75, 3.05) is 0 Å². The first-order chi connectivity index (χ1) is 7.59. The molecule has 0 aliphatic carbocycles. The molecule has 0 saturated carbocycles. The normalized spacial score (nSPS) is 9.75. The zero-order valence-corrected chi connectivity index (χ0v) is 10.00. The summed E-state index contributed by atoms with van der Waals surface area (Å²) in [5.41, 5.74) is 1.54. The van der Waals surface area contributed by atoms with E-state index >= 15 is 0 Å². The molecule has 0 bridgehead atoms. The van der Waals surface area contributed by atoms with Crippen molar-refractivity contribution in [3.63, 3.8) is 0 Å². The van der Waals surface area contributed by atoms with Crippen LogP contribution in [0.1, 0.15) is 25.0 Å². The molecule has 3 heteroatoms. The smallest absolute Gasteiger partial charge is 0.336 e. The van der Waals surface area contributed by atoms with E-state index in [9.17, 15) is 9.90 Å². The summed E-state index contributed by atoms with van der Waals surface area (Å²) in [5.74, 6) is 0.145. The van der Waals surface area contributed by atoms with Gasteiger partial charge in [0.1, 0.15) is 11.3 Å². The molecule has 86 valence electrons. The summed E-state index contributed by atoms with van der Waals surface area (Å²) in [6.45, 7) is 7.57. The molecule has 2 aromatic rings. The van der Waals surface area contributed by atoms with Crippen LogP contribution in [0.2, 0.25) is 0 Å². The average Bonchev–Trinajstić information content (AvgIpc) is 2.27. The Labute approximate surface area is 94.3 Å². The minimum absolute atomic E-state index is 0.145. The molecule has 0 spiro atoms. The summed E-state index contributed by atoms with van der Waals surface area (Å²) < 4.78 is 5.04. The quantitative estimate of drug-likeness (QED) is 0.694. The van der Waals surface area contributed by atoms with Crippen LogP contribution in [0, 0.1) is 13.8 Å². The van der Waals surface area contributed by atoms with Gasteiger partial charge < -0.3 is 9.52 Å². The minimum Gasteiger partial charge on any atom is -0.508 e. The number of aryl methyl sites for hydroxylation is 2. The van der Waals surface area contributed by atoms with Crippen molar-refractivity contribution < 1.29 is 9.52 Å². The molecule has 0 aliphatic rings. The van der Waals surface area contributed by atoms with Gasteiger partial charge in [0.05, 0.1) is 0 Å². The number of phenolic OH excluding ortho intramolecular Hbond substituents is 1. The average molecular weight is 220 g/mol. The van der Waals surface area contributed by atoms with Crippen LogP contribution < -0.4 is 5.63 Å². The molecule has 0 unspecified atom stereocenters. The van der Waals surface area contributed by atoms with Crippen molar-refractivity contribution in [1.29, 1.82) is 0 Å². The molecule has 0 saturated heterocycles. The van der Waals surface area contributed by atoms with E-state index in [0.29, 0.717) is 11.1 Å². The Morgan fingerprint density at radius 1 is 1.19 bits per heavy atom. The summed E-state index contributed by atoms with van der Waals surface area (Å²) in [7, 11) is 0. The lowest BCUT2D eigenvalue weighted by molar-refractivity contribution is 0.468. The maximum atomic E-state index is 11.1. The van der Waals surface area contributed by atoms with Crippen molar-refractivity contribution in [3.8, 4) is 5.75 Å². The fourth-order valence-electron chi connectivity index (χ4n) is 1.51. The Hall–Kier alpha value is -1.77. The van der Waals surface area contributed by atoms with E-state index < -0.39 is 0 Å². The zero-order valence-electron chi connectivity index (χ0n) is 10.00. The first-order valence-electron chi connectivity index (χ1n) is 5.32. The second-order valence-electron chi connectivity index (χ2n) is 3.33. The van der Waals surface area contributed by atoms with Crippen LogP contribution in [0.3, 0.4) is 0 Å². The lowest BCUT2D eigenvalue weighted by Gasteiger charge is -2.04. The van der Waals surface area contributed by atoms with Gasteiger partial charge in [-0.2, -0.15) is 0 Å². The van der Waals surface area contributed by atoms with Crippen LogP contribution in [-0.4, -0.2) is 5.11 Å². The second-order valence-corrected chi connectivity index (χ2v) is 3.33. The summed E-state index contributed by atoms with van der Waals surface area (Å²) in [4.78, 5) is 11.1. The number of benzene rings is 1. The third-order valence-electron chi connectivity index (χ3n) is 2.34. The molecule has 1 aromatic heterocycles. The predicted octanol–water partition coefficient (Wildman–Crippen LogP) is 3.14. The number of fused-ring (bicyclic) bond motifs is 1. The highest BCUT2D eigenvalue weighted by Crippen LogP contribution is 2.26. The number of hydrogen-bond acceptors (Lipinski definition) is 3. The lowest BCUT2D eigenvalue weighted by atomic mass is 10.1. The summed E-state index contributed by atoms with van der Waals surface area (Å²) >= 11 is 0. The van der Waals surface area contributed by atoms with Gasteiger partial charge in [-0.1, -0.05) is 13.8 Å². The third-order valence-corrected chi connectivity index (χ3v) is 2.34. The minimum atomic E-state index is -0.385. The number of rotatable bonds is 0. The Bertz CT molecular complexity index is 553. The van der Waals surface area contributed by atoms with E-state index in [1.807, 2.05) is 20.8 Å². The summed E-state index contributed by atoms with van der Waals surface area (Å²) in [6, 6.07) is 4.79. The molecular weight excluding hydrogens is 204 g/mol. The van der Waals surface area contributed by atoms with Gasteiger partial charge in [0.2, 0.25) is 0 Å². The molecule has 3 nitrogen and oxygen atoms in total. The van der Waals surface area contributed by atoms with Gasteiger partial charge in [0.25, 0.3) is 0 Å². The van der Waals surface area contributed by atoms with E-state index in [2.05, 4.69) is 0 Å². The molecular formula is C13H16O3. The van der Waals surface area contributed by atoms with Crippen LogP contribution in [0.15, 0.2) is 27.4 Å². The van der Waals surface area contributed by atoms with E-state index in [4.69, 9.17) is 4.42 Å².